The quantitative estimate of drug-likeness (QED) is 0.681. The number of hydrogen-bond donors (Lipinski definition) is 2. The van der Waals surface area contributed by atoms with E-state index in [0.29, 0.717) is 28.5 Å². The van der Waals surface area contributed by atoms with Crippen LogP contribution in [0.15, 0.2) is 17.3 Å². The number of piperidine rings is 1. The third-order valence-electron chi connectivity index (χ3n) is 7.62. The number of nitrogens with zero attached hydrogens (tertiary/aromatic N) is 5. The van der Waals surface area contributed by atoms with Crippen molar-refractivity contribution in [1.82, 2.24) is 19.9 Å². The number of aliphatic hydroxyl groups excluding tert-OH is 1. The van der Waals surface area contributed by atoms with Gasteiger partial charge in [-0.25, -0.2) is 15.0 Å². The van der Waals surface area contributed by atoms with Gasteiger partial charge in [-0.05, 0) is 44.9 Å². The number of fused-ring (bicyclic) bond motifs is 2. The average Bonchev–Trinajstić information content (AvgIpc) is 3.50. The minimum atomic E-state index is -1.09. The maximum Gasteiger partial charge on any atom is 0.227 e. The number of nitrogens with one attached hydrogen (secondary N) is 1. The van der Waals surface area contributed by atoms with Crippen LogP contribution in [0.2, 0.25) is 5.02 Å². The van der Waals surface area contributed by atoms with Crippen molar-refractivity contribution >= 4 is 34.2 Å². The highest BCUT2D eigenvalue weighted by molar-refractivity contribution is 7.85. The Kier molecular flexibility index (Phi) is 4.93. The number of rotatable bonds is 5. The molecule has 32 heavy (non-hydrogen) atoms. The molecular formula is C22H27ClN6O2S. The highest BCUT2D eigenvalue weighted by atomic mass is 35.5. The molecule has 2 N–H and O–H groups in total. The molecule has 1 spiro atoms. The van der Waals surface area contributed by atoms with Crippen molar-refractivity contribution in [3.63, 3.8) is 0 Å². The Morgan fingerprint density at radius 3 is 2.47 bits per heavy atom. The zero-order chi connectivity index (χ0) is 21.9. The lowest BCUT2D eigenvalue weighted by atomic mass is 9.77. The predicted molar refractivity (Wildman–Crippen MR) is 123 cm³/mol. The van der Waals surface area contributed by atoms with Gasteiger partial charge in [-0.2, -0.15) is 4.98 Å². The van der Waals surface area contributed by atoms with Crippen molar-refractivity contribution in [2.45, 2.75) is 66.7 Å². The lowest BCUT2D eigenvalue weighted by Gasteiger charge is -2.42. The topological polar surface area (TPSA) is 104 Å². The first-order chi connectivity index (χ1) is 15.5. The Hall–Kier alpha value is -1.84. The molecule has 4 heterocycles. The van der Waals surface area contributed by atoms with Crippen LogP contribution in [-0.2, 0) is 16.2 Å². The van der Waals surface area contributed by atoms with Crippen LogP contribution < -0.4 is 10.2 Å². The van der Waals surface area contributed by atoms with Gasteiger partial charge in [-0.3, -0.25) is 4.21 Å². The van der Waals surface area contributed by atoms with E-state index in [0.717, 1.165) is 74.4 Å². The molecule has 2 aromatic heterocycles. The first kappa shape index (κ1) is 20.7. The van der Waals surface area contributed by atoms with Crippen molar-refractivity contribution in [3.8, 4) is 0 Å². The summed E-state index contributed by atoms with van der Waals surface area (Å²) in [7, 11) is -1.09. The number of aromatic nitrogens is 4. The van der Waals surface area contributed by atoms with Crippen LogP contribution in [0.25, 0.3) is 0 Å². The van der Waals surface area contributed by atoms with E-state index in [4.69, 9.17) is 21.6 Å². The van der Waals surface area contributed by atoms with Crippen LogP contribution in [0.3, 0.4) is 0 Å². The van der Waals surface area contributed by atoms with Crippen molar-refractivity contribution < 1.29 is 9.32 Å². The zero-order valence-corrected chi connectivity index (χ0v) is 19.5. The summed E-state index contributed by atoms with van der Waals surface area (Å²) in [6.45, 7) is 1.69. The van der Waals surface area contributed by atoms with Crippen LogP contribution in [-0.4, -0.2) is 60.2 Å². The van der Waals surface area contributed by atoms with Crippen molar-refractivity contribution in [2.24, 2.45) is 0 Å². The minimum Gasteiger partial charge on any atom is -0.394 e. The van der Waals surface area contributed by atoms with Crippen LogP contribution in [0.5, 0.6) is 0 Å². The van der Waals surface area contributed by atoms with E-state index in [1.807, 2.05) is 0 Å². The standard InChI is InChI=1S/C22H27ClN6O2S/c23-15-10-24-18(25-11-15)14-2-8-29(9-3-14)20-26-17-16(32(31)13-21(17)6-7-21)19(27-20)28-22(12-30)4-1-5-22/h10-11,14,30H,1-9,12-13H2,(H,26,27,28)/t32-/m1/s1. The molecule has 0 aromatic carbocycles. The Balaban J connectivity index is 1.29. The second-order valence-corrected chi connectivity index (χ2v) is 11.6. The second-order valence-electron chi connectivity index (χ2n) is 9.76. The molecule has 6 rings (SSSR count). The van der Waals surface area contributed by atoms with Crippen molar-refractivity contribution in [2.75, 3.05) is 35.7 Å². The van der Waals surface area contributed by atoms with Gasteiger partial charge in [0.25, 0.3) is 0 Å². The van der Waals surface area contributed by atoms with E-state index in [9.17, 15) is 9.32 Å². The minimum absolute atomic E-state index is 0.0320. The van der Waals surface area contributed by atoms with Crippen LogP contribution in [0.4, 0.5) is 11.8 Å². The molecule has 8 nitrogen and oxygen atoms in total. The summed E-state index contributed by atoms with van der Waals surface area (Å²) in [5, 5.41) is 14.0. The normalized spacial score (nSPS) is 25.4. The fourth-order valence-corrected chi connectivity index (χ4v) is 7.17. The average molecular weight is 475 g/mol. The van der Waals surface area contributed by atoms with E-state index in [1.165, 1.54) is 0 Å². The maximum absolute atomic E-state index is 13.0. The Morgan fingerprint density at radius 2 is 1.88 bits per heavy atom. The SMILES string of the molecule is O=[S@@]1CC2(CC2)c2nc(N3CCC(c4ncc(Cl)cn4)CC3)nc(NC3(CO)CCC3)c21. The number of hydrogen-bond acceptors (Lipinski definition) is 8. The third kappa shape index (κ3) is 3.40. The summed E-state index contributed by atoms with van der Waals surface area (Å²) in [5.74, 6) is 3.17. The van der Waals surface area contributed by atoms with Crippen LogP contribution in [0, 0.1) is 0 Å². The van der Waals surface area contributed by atoms with Crippen molar-refractivity contribution in [1.29, 1.82) is 0 Å². The van der Waals surface area contributed by atoms with E-state index in [2.05, 4.69) is 20.2 Å². The van der Waals surface area contributed by atoms with Gasteiger partial charge >= 0.3 is 0 Å². The smallest absolute Gasteiger partial charge is 0.227 e. The van der Waals surface area contributed by atoms with Gasteiger partial charge in [0.2, 0.25) is 5.95 Å². The fourth-order valence-electron chi connectivity index (χ4n) is 5.21. The summed E-state index contributed by atoms with van der Waals surface area (Å²) in [5.41, 5.74) is 0.594. The molecule has 170 valence electrons. The first-order valence-electron chi connectivity index (χ1n) is 11.4. The molecule has 10 heteroatoms. The fraction of sp³-hybridized carbons (Fsp3) is 0.636. The number of anilines is 2. The highest BCUT2D eigenvalue weighted by Gasteiger charge is 2.55. The second kappa shape index (κ2) is 7.60. The molecule has 0 radical (unpaired) electrons. The van der Waals surface area contributed by atoms with E-state index >= 15 is 0 Å². The molecule has 1 saturated heterocycles. The molecule has 2 saturated carbocycles. The molecule has 2 aromatic rings. The lowest BCUT2D eigenvalue weighted by molar-refractivity contribution is 0.143. The summed E-state index contributed by atoms with van der Waals surface area (Å²) in [4.78, 5) is 21.7. The molecule has 1 atom stereocenters. The van der Waals surface area contributed by atoms with Gasteiger partial charge in [0.15, 0.2) is 0 Å². The molecule has 0 bridgehead atoms. The molecule has 2 aliphatic carbocycles. The van der Waals surface area contributed by atoms with Gasteiger partial charge in [-0.15, -0.1) is 0 Å². The Bertz CT molecular complexity index is 1060. The Morgan fingerprint density at radius 1 is 1.16 bits per heavy atom. The summed E-state index contributed by atoms with van der Waals surface area (Å²) in [6, 6.07) is 0. The monoisotopic (exact) mass is 474 g/mol. The van der Waals surface area contributed by atoms with Crippen molar-refractivity contribution in [3.05, 3.63) is 28.9 Å². The number of halogens is 1. The van der Waals surface area contributed by atoms with Crippen LogP contribution in [0.1, 0.15) is 62.4 Å². The first-order valence-corrected chi connectivity index (χ1v) is 13.1. The van der Waals surface area contributed by atoms with Gasteiger partial charge < -0.3 is 15.3 Å². The van der Waals surface area contributed by atoms with E-state index in [-0.39, 0.29) is 17.6 Å². The van der Waals surface area contributed by atoms with E-state index in [1.54, 1.807) is 12.4 Å². The molecule has 0 amide bonds. The predicted octanol–water partition coefficient (Wildman–Crippen LogP) is 2.78. The molecule has 4 aliphatic rings. The van der Waals surface area contributed by atoms with E-state index < -0.39 is 10.8 Å². The van der Waals surface area contributed by atoms with Gasteiger partial charge in [0.1, 0.15) is 16.5 Å². The number of aliphatic hydroxyl groups is 1. The maximum atomic E-state index is 13.0. The summed E-state index contributed by atoms with van der Waals surface area (Å²) >= 11 is 5.93. The zero-order valence-electron chi connectivity index (χ0n) is 17.9. The summed E-state index contributed by atoms with van der Waals surface area (Å²) < 4.78 is 13.0. The largest absolute Gasteiger partial charge is 0.394 e. The third-order valence-corrected chi connectivity index (χ3v) is 9.48. The highest BCUT2D eigenvalue weighted by Crippen LogP contribution is 2.56. The van der Waals surface area contributed by atoms with Crippen LogP contribution >= 0.6 is 11.6 Å². The molecule has 3 fully saturated rings. The lowest BCUT2D eigenvalue weighted by Crippen LogP contribution is -2.49. The molecule has 2 aliphatic heterocycles. The molecular weight excluding hydrogens is 448 g/mol. The van der Waals surface area contributed by atoms with Gasteiger partial charge in [0.05, 0.1) is 33.7 Å². The van der Waals surface area contributed by atoms with Gasteiger partial charge in [-0.1, -0.05) is 11.6 Å². The van der Waals surface area contributed by atoms with Gasteiger partial charge in [0, 0.05) is 42.6 Å². The Labute approximate surface area is 194 Å². The summed E-state index contributed by atoms with van der Waals surface area (Å²) in [6.07, 6.45) is 10.1. The molecule has 0 unspecified atom stereocenters.